The van der Waals surface area contributed by atoms with Gasteiger partial charge in [-0.1, -0.05) is 0 Å². The van der Waals surface area contributed by atoms with E-state index in [9.17, 15) is 18.4 Å². The van der Waals surface area contributed by atoms with Gasteiger partial charge in [0.1, 0.15) is 0 Å². The average Bonchev–Trinajstić information content (AvgIpc) is 2.26. The van der Waals surface area contributed by atoms with Crippen molar-refractivity contribution in [3.05, 3.63) is 0 Å². The Morgan fingerprint density at radius 1 is 1.44 bits per heavy atom. The average molecular weight is 258 g/mol. The van der Waals surface area contributed by atoms with Gasteiger partial charge in [0, 0.05) is 13.7 Å². The molecule has 0 aromatic rings. The van der Waals surface area contributed by atoms with Crippen LogP contribution in [0.2, 0.25) is 0 Å². The maximum atomic E-state index is 12.0. The summed E-state index contributed by atoms with van der Waals surface area (Å²) < 4.78 is 28.7. The number of ketones is 1. The second kappa shape index (κ2) is 8.41. The zero-order chi connectivity index (χ0) is 12.6. The maximum Gasteiger partial charge on any atom is 0.315 e. The van der Waals surface area contributed by atoms with Crippen molar-refractivity contribution in [3.8, 4) is 0 Å². The number of Topliss-reactive ketones (excluding diaryl/α,β-unsaturated/α-hetero) is 1. The summed E-state index contributed by atoms with van der Waals surface area (Å²) in [6.07, 6.45) is -2.42. The smallest absolute Gasteiger partial charge is 0.315 e. The molecule has 0 rings (SSSR count). The SMILES string of the molecule is COCCCC(NC(=O)C(F)F)C(=O)CCl. The van der Waals surface area contributed by atoms with Crippen LogP contribution in [0.1, 0.15) is 12.8 Å². The van der Waals surface area contributed by atoms with E-state index in [2.05, 4.69) is 0 Å². The van der Waals surface area contributed by atoms with Gasteiger partial charge < -0.3 is 10.1 Å². The van der Waals surface area contributed by atoms with E-state index >= 15 is 0 Å². The van der Waals surface area contributed by atoms with Gasteiger partial charge in [-0.15, -0.1) is 11.6 Å². The third-order valence-corrected chi connectivity index (χ3v) is 2.14. The normalized spacial score (nSPS) is 12.6. The van der Waals surface area contributed by atoms with Crippen LogP contribution in [0.3, 0.4) is 0 Å². The summed E-state index contributed by atoms with van der Waals surface area (Å²) in [6.45, 7) is 0.386. The van der Waals surface area contributed by atoms with Crippen molar-refractivity contribution in [2.45, 2.75) is 25.3 Å². The molecule has 1 unspecified atom stereocenters. The third-order valence-electron chi connectivity index (χ3n) is 1.88. The number of halogens is 3. The summed E-state index contributed by atoms with van der Waals surface area (Å²) in [4.78, 5) is 22.0. The number of amides is 1. The first-order valence-electron chi connectivity index (χ1n) is 4.69. The Morgan fingerprint density at radius 3 is 2.50 bits per heavy atom. The summed E-state index contributed by atoms with van der Waals surface area (Å²) in [5.74, 6) is -2.26. The van der Waals surface area contributed by atoms with Crippen LogP contribution < -0.4 is 5.32 Å². The van der Waals surface area contributed by atoms with Crippen LogP contribution in [0, 0.1) is 0 Å². The molecule has 0 saturated carbocycles. The molecule has 7 heteroatoms. The van der Waals surface area contributed by atoms with Crippen molar-refractivity contribution in [2.24, 2.45) is 0 Å². The minimum absolute atomic E-state index is 0.234. The number of hydrogen-bond acceptors (Lipinski definition) is 3. The number of methoxy groups -OCH3 is 1. The van der Waals surface area contributed by atoms with E-state index < -0.39 is 24.2 Å². The van der Waals surface area contributed by atoms with Crippen LogP contribution in [0.25, 0.3) is 0 Å². The van der Waals surface area contributed by atoms with E-state index in [0.717, 1.165) is 0 Å². The highest BCUT2D eigenvalue weighted by molar-refractivity contribution is 6.28. The molecule has 0 aliphatic rings. The first-order chi connectivity index (χ1) is 7.52. The molecular weight excluding hydrogens is 244 g/mol. The van der Waals surface area contributed by atoms with Gasteiger partial charge in [-0.25, -0.2) is 0 Å². The lowest BCUT2D eigenvalue weighted by atomic mass is 10.1. The molecule has 0 aromatic carbocycles. The molecule has 0 radical (unpaired) electrons. The van der Waals surface area contributed by atoms with Gasteiger partial charge in [-0.05, 0) is 12.8 Å². The predicted molar refractivity (Wildman–Crippen MR) is 54.8 cm³/mol. The van der Waals surface area contributed by atoms with E-state index in [4.69, 9.17) is 16.3 Å². The van der Waals surface area contributed by atoms with Crippen LogP contribution >= 0.6 is 11.6 Å². The van der Waals surface area contributed by atoms with Gasteiger partial charge >= 0.3 is 6.43 Å². The summed E-state index contributed by atoms with van der Waals surface area (Å²) in [7, 11) is 1.48. The van der Waals surface area contributed by atoms with Crippen LogP contribution in [0.4, 0.5) is 8.78 Å². The summed E-state index contributed by atoms with van der Waals surface area (Å²) in [5.41, 5.74) is 0. The van der Waals surface area contributed by atoms with E-state index in [-0.39, 0.29) is 12.3 Å². The molecule has 0 bridgehead atoms. The summed E-state index contributed by atoms with van der Waals surface area (Å²) in [5, 5.41) is 1.95. The highest BCUT2D eigenvalue weighted by Crippen LogP contribution is 2.03. The molecule has 0 aliphatic carbocycles. The Morgan fingerprint density at radius 2 is 2.06 bits per heavy atom. The van der Waals surface area contributed by atoms with Gasteiger partial charge in [0.25, 0.3) is 5.91 Å². The fourth-order valence-corrected chi connectivity index (χ4v) is 1.26. The van der Waals surface area contributed by atoms with Gasteiger partial charge in [-0.2, -0.15) is 8.78 Å². The Kier molecular flexibility index (Phi) is 8.01. The molecule has 0 saturated heterocycles. The number of rotatable bonds is 8. The predicted octanol–water partition coefficient (Wildman–Crippen LogP) is 0.971. The monoisotopic (exact) mass is 257 g/mol. The molecule has 0 spiro atoms. The minimum Gasteiger partial charge on any atom is -0.385 e. The second-order valence-corrected chi connectivity index (χ2v) is 3.36. The van der Waals surface area contributed by atoms with Gasteiger partial charge in [0.05, 0.1) is 11.9 Å². The summed E-state index contributed by atoms with van der Waals surface area (Å²) >= 11 is 5.30. The van der Waals surface area contributed by atoms with Crippen molar-refractivity contribution in [2.75, 3.05) is 19.6 Å². The maximum absolute atomic E-state index is 12.0. The fourth-order valence-electron chi connectivity index (χ4n) is 1.07. The molecule has 1 amide bonds. The Hall–Kier alpha value is -0.750. The van der Waals surface area contributed by atoms with E-state index in [1.165, 1.54) is 7.11 Å². The van der Waals surface area contributed by atoms with Crippen LogP contribution in [-0.2, 0) is 14.3 Å². The first-order valence-corrected chi connectivity index (χ1v) is 5.22. The van der Waals surface area contributed by atoms with Crippen molar-refractivity contribution in [3.63, 3.8) is 0 Å². The van der Waals surface area contributed by atoms with Gasteiger partial charge in [0.15, 0.2) is 5.78 Å². The van der Waals surface area contributed by atoms with Crippen molar-refractivity contribution < 1.29 is 23.1 Å². The highest BCUT2D eigenvalue weighted by Gasteiger charge is 2.23. The van der Waals surface area contributed by atoms with Crippen LogP contribution in [0.5, 0.6) is 0 Å². The number of carbonyl (C=O) groups excluding carboxylic acids is 2. The molecule has 1 N–H and O–H groups in total. The van der Waals surface area contributed by atoms with E-state index in [1.807, 2.05) is 5.32 Å². The molecule has 0 aromatic heterocycles. The molecule has 4 nitrogen and oxygen atoms in total. The Bertz CT molecular complexity index is 239. The zero-order valence-corrected chi connectivity index (χ0v) is 9.60. The molecule has 1 atom stereocenters. The lowest BCUT2D eigenvalue weighted by Crippen LogP contribution is -2.44. The van der Waals surface area contributed by atoms with Crippen molar-refractivity contribution in [1.29, 1.82) is 0 Å². The largest absolute Gasteiger partial charge is 0.385 e. The number of nitrogens with one attached hydrogen (secondary N) is 1. The number of ether oxygens (including phenoxy) is 1. The number of hydrogen-bond donors (Lipinski definition) is 1. The summed E-state index contributed by atoms with van der Waals surface area (Å²) in [6, 6.07) is -0.964. The molecule has 0 heterocycles. The molecule has 16 heavy (non-hydrogen) atoms. The lowest BCUT2D eigenvalue weighted by molar-refractivity contribution is -0.135. The standard InChI is InChI=1S/C9H14ClF2NO3/c1-16-4-2-3-6(7(14)5-10)13-9(15)8(11)12/h6,8H,2-5H2,1H3,(H,13,15). The Labute approximate surface area is 97.3 Å². The third kappa shape index (κ3) is 5.97. The van der Waals surface area contributed by atoms with Crippen LogP contribution in [-0.4, -0.2) is 43.8 Å². The first kappa shape index (κ1) is 15.2. The number of alkyl halides is 3. The molecule has 0 fully saturated rings. The van der Waals surface area contributed by atoms with Crippen molar-refractivity contribution >= 4 is 23.3 Å². The number of carbonyl (C=O) groups is 2. The van der Waals surface area contributed by atoms with Gasteiger partial charge in [-0.3, -0.25) is 9.59 Å². The highest BCUT2D eigenvalue weighted by atomic mass is 35.5. The van der Waals surface area contributed by atoms with Gasteiger partial charge in [0.2, 0.25) is 0 Å². The topological polar surface area (TPSA) is 55.4 Å². The molecule has 0 aliphatic heterocycles. The minimum atomic E-state index is -3.13. The van der Waals surface area contributed by atoms with Crippen molar-refractivity contribution in [1.82, 2.24) is 5.32 Å². The molecule has 94 valence electrons. The fraction of sp³-hybridized carbons (Fsp3) is 0.778. The van der Waals surface area contributed by atoms with E-state index in [1.54, 1.807) is 0 Å². The zero-order valence-electron chi connectivity index (χ0n) is 8.84. The molecular formula is C9H14ClF2NO3. The Balaban J connectivity index is 4.20. The van der Waals surface area contributed by atoms with E-state index in [0.29, 0.717) is 13.0 Å². The quantitative estimate of drug-likeness (QED) is 0.521. The van der Waals surface area contributed by atoms with Crippen LogP contribution in [0.15, 0.2) is 0 Å². The second-order valence-electron chi connectivity index (χ2n) is 3.10. The lowest BCUT2D eigenvalue weighted by Gasteiger charge is -2.15.